The van der Waals surface area contributed by atoms with Gasteiger partial charge in [-0.1, -0.05) is 73.5 Å². The smallest absolute Gasteiger partial charge is 0.307 e. The summed E-state index contributed by atoms with van der Waals surface area (Å²) in [5.41, 5.74) is 1.35. The van der Waals surface area contributed by atoms with Crippen LogP contribution >= 0.6 is 15.9 Å². The molecule has 1 aliphatic heterocycles. The van der Waals surface area contributed by atoms with Crippen LogP contribution in [-0.4, -0.2) is 47.0 Å². The third-order valence-electron chi connectivity index (χ3n) is 5.55. The minimum atomic E-state index is -0.665. The number of allylic oxidation sites excluding steroid dienone is 3. The number of halogens is 1. The molecule has 5 heteroatoms. The average molecular weight is 428 g/mol. The van der Waals surface area contributed by atoms with Gasteiger partial charge in [-0.25, -0.2) is 0 Å². The monoisotopic (exact) mass is 427 g/mol. The van der Waals surface area contributed by atoms with E-state index in [4.69, 9.17) is 9.84 Å². The van der Waals surface area contributed by atoms with E-state index < -0.39 is 5.97 Å². The minimum absolute atomic E-state index is 0.207. The Bertz CT molecular complexity index is 517. The molecule has 0 spiro atoms. The van der Waals surface area contributed by atoms with Crippen molar-refractivity contribution in [2.45, 2.75) is 63.6 Å². The van der Waals surface area contributed by atoms with E-state index in [2.05, 4.69) is 46.8 Å². The van der Waals surface area contributed by atoms with Crippen molar-refractivity contribution in [2.24, 2.45) is 11.8 Å². The highest BCUT2D eigenvalue weighted by Crippen LogP contribution is 2.33. The zero-order chi connectivity index (χ0) is 18.9. The summed E-state index contributed by atoms with van der Waals surface area (Å²) in [6.45, 7) is 7.65. The SMILES string of the molecule is CCCCCCCCOC1=CC=C(CN2CCC(C(=O)O)C2)C(C)C1Br. The summed E-state index contributed by atoms with van der Waals surface area (Å²) < 4.78 is 6.02. The quantitative estimate of drug-likeness (QED) is 0.372. The Morgan fingerprint density at radius 2 is 2.00 bits per heavy atom. The lowest BCUT2D eigenvalue weighted by Crippen LogP contribution is -2.30. The van der Waals surface area contributed by atoms with Crippen LogP contribution in [0.2, 0.25) is 0 Å². The summed E-state index contributed by atoms with van der Waals surface area (Å²) in [4.78, 5) is 13.6. The first-order chi connectivity index (χ1) is 12.5. The molecule has 0 aromatic rings. The molecule has 0 bridgehead atoms. The van der Waals surface area contributed by atoms with Crippen LogP contribution in [0.4, 0.5) is 0 Å². The van der Waals surface area contributed by atoms with Gasteiger partial charge in [0.2, 0.25) is 0 Å². The molecule has 4 nitrogen and oxygen atoms in total. The maximum atomic E-state index is 11.1. The first kappa shape index (κ1) is 21.5. The first-order valence-corrected chi connectivity index (χ1v) is 11.1. The van der Waals surface area contributed by atoms with Crippen LogP contribution in [0.5, 0.6) is 0 Å². The summed E-state index contributed by atoms with van der Waals surface area (Å²) in [5.74, 6) is 0.519. The van der Waals surface area contributed by atoms with Crippen molar-refractivity contribution < 1.29 is 14.6 Å². The lowest BCUT2D eigenvalue weighted by Gasteiger charge is -2.29. The Kier molecular flexibility index (Phi) is 9.20. The molecule has 1 heterocycles. The second-order valence-corrected chi connectivity index (χ2v) is 8.66. The Hall–Kier alpha value is -0.810. The second-order valence-electron chi connectivity index (χ2n) is 7.68. The molecule has 1 N–H and O–H groups in total. The van der Waals surface area contributed by atoms with Gasteiger partial charge in [-0.3, -0.25) is 9.69 Å². The van der Waals surface area contributed by atoms with E-state index in [9.17, 15) is 4.79 Å². The minimum Gasteiger partial charge on any atom is -0.497 e. The number of hydrogen-bond donors (Lipinski definition) is 1. The molecular weight excluding hydrogens is 394 g/mol. The zero-order valence-electron chi connectivity index (χ0n) is 16.3. The van der Waals surface area contributed by atoms with E-state index in [1.54, 1.807) is 0 Å². The number of nitrogens with zero attached hydrogens (tertiary/aromatic N) is 1. The van der Waals surface area contributed by atoms with Crippen molar-refractivity contribution in [2.75, 3.05) is 26.2 Å². The molecular formula is C21H34BrNO3. The van der Waals surface area contributed by atoms with Crippen LogP contribution in [0.15, 0.2) is 23.5 Å². The average Bonchev–Trinajstić information content (AvgIpc) is 3.09. The topological polar surface area (TPSA) is 49.8 Å². The van der Waals surface area contributed by atoms with Gasteiger partial charge in [-0.2, -0.15) is 0 Å². The van der Waals surface area contributed by atoms with E-state index >= 15 is 0 Å². The summed E-state index contributed by atoms with van der Waals surface area (Å²) >= 11 is 3.80. The standard InChI is InChI=1S/C21H34BrNO3/c1-3-4-5-6-7-8-13-26-19-10-9-17(16(2)20(19)22)14-23-12-11-18(15-23)21(24)25/h9-10,16,18,20H,3-8,11-15H2,1-2H3,(H,24,25). The molecule has 26 heavy (non-hydrogen) atoms. The number of alkyl halides is 1. The van der Waals surface area contributed by atoms with E-state index in [0.29, 0.717) is 12.5 Å². The molecule has 3 atom stereocenters. The largest absolute Gasteiger partial charge is 0.497 e. The molecule has 2 aliphatic rings. The molecule has 0 aromatic heterocycles. The molecule has 148 valence electrons. The molecule has 1 saturated heterocycles. The highest BCUT2D eigenvalue weighted by molar-refractivity contribution is 9.09. The lowest BCUT2D eigenvalue weighted by atomic mass is 9.91. The summed E-state index contributed by atoms with van der Waals surface area (Å²) in [7, 11) is 0. The maximum absolute atomic E-state index is 11.1. The molecule has 3 unspecified atom stereocenters. The number of carboxylic acids is 1. The molecule has 0 saturated carbocycles. The van der Waals surface area contributed by atoms with Crippen LogP contribution < -0.4 is 0 Å². The molecule has 0 aromatic carbocycles. The fourth-order valence-corrected chi connectivity index (χ4v) is 4.32. The Balaban J connectivity index is 1.76. The van der Waals surface area contributed by atoms with Crippen LogP contribution in [0.3, 0.4) is 0 Å². The number of carboxylic acid groups (broad SMARTS) is 1. The zero-order valence-corrected chi connectivity index (χ0v) is 17.8. The van der Waals surface area contributed by atoms with Gasteiger partial charge in [0.05, 0.1) is 17.4 Å². The Morgan fingerprint density at radius 1 is 1.27 bits per heavy atom. The van der Waals surface area contributed by atoms with Crippen LogP contribution in [0.25, 0.3) is 0 Å². The van der Waals surface area contributed by atoms with Crippen molar-refractivity contribution in [3.8, 4) is 0 Å². The normalized spacial score (nSPS) is 26.5. The molecule has 0 amide bonds. The summed E-state index contributed by atoms with van der Waals surface area (Å²) in [6, 6.07) is 0. The van der Waals surface area contributed by atoms with Crippen LogP contribution in [0, 0.1) is 11.8 Å². The predicted molar refractivity (Wildman–Crippen MR) is 110 cm³/mol. The fourth-order valence-electron chi connectivity index (χ4n) is 3.70. The van der Waals surface area contributed by atoms with Crippen molar-refractivity contribution in [1.29, 1.82) is 0 Å². The molecule has 1 fully saturated rings. The van der Waals surface area contributed by atoms with Gasteiger partial charge in [-0.05, 0) is 31.4 Å². The van der Waals surface area contributed by atoms with Crippen LogP contribution in [0.1, 0.15) is 58.8 Å². The van der Waals surface area contributed by atoms with Gasteiger partial charge in [0.1, 0.15) is 5.76 Å². The molecule has 0 radical (unpaired) electrons. The number of hydrogen-bond acceptors (Lipinski definition) is 3. The first-order valence-electron chi connectivity index (χ1n) is 10.2. The van der Waals surface area contributed by atoms with Crippen molar-refractivity contribution in [1.82, 2.24) is 4.90 Å². The van der Waals surface area contributed by atoms with Crippen molar-refractivity contribution >= 4 is 21.9 Å². The number of carbonyl (C=O) groups is 1. The van der Waals surface area contributed by atoms with E-state index in [-0.39, 0.29) is 10.7 Å². The second kappa shape index (κ2) is 11.1. The Labute approximate surface area is 166 Å². The third kappa shape index (κ3) is 6.41. The van der Waals surface area contributed by atoms with Gasteiger partial charge in [0.15, 0.2) is 0 Å². The Morgan fingerprint density at radius 3 is 2.69 bits per heavy atom. The number of unbranched alkanes of at least 4 members (excludes halogenated alkanes) is 5. The van der Waals surface area contributed by atoms with E-state index in [1.165, 1.54) is 37.7 Å². The number of aliphatic carboxylic acids is 1. The predicted octanol–water partition coefficient (Wildman–Crippen LogP) is 4.99. The highest BCUT2D eigenvalue weighted by Gasteiger charge is 2.31. The van der Waals surface area contributed by atoms with Gasteiger partial charge in [0.25, 0.3) is 0 Å². The summed E-state index contributed by atoms with van der Waals surface area (Å²) in [6.07, 6.45) is 12.7. The van der Waals surface area contributed by atoms with Gasteiger partial charge in [-0.15, -0.1) is 0 Å². The van der Waals surface area contributed by atoms with Crippen molar-refractivity contribution in [3.05, 3.63) is 23.5 Å². The highest BCUT2D eigenvalue weighted by atomic mass is 79.9. The third-order valence-corrected chi connectivity index (χ3v) is 6.80. The van der Waals surface area contributed by atoms with Gasteiger partial charge < -0.3 is 9.84 Å². The lowest BCUT2D eigenvalue weighted by molar-refractivity contribution is -0.141. The summed E-state index contributed by atoms with van der Waals surface area (Å²) in [5, 5.41) is 9.15. The van der Waals surface area contributed by atoms with E-state index in [0.717, 1.165) is 38.3 Å². The maximum Gasteiger partial charge on any atom is 0.307 e. The van der Waals surface area contributed by atoms with E-state index in [1.807, 2.05) is 0 Å². The molecule has 1 aliphatic carbocycles. The van der Waals surface area contributed by atoms with Crippen molar-refractivity contribution in [3.63, 3.8) is 0 Å². The fraction of sp³-hybridized carbons (Fsp3) is 0.762. The number of rotatable bonds is 11. The molecule has 2 rings (SSSR count). The number of ether oxygens (including phenoxy) is 1. The van der Waals surface area contributed by atoms with Crippen LogP contribution in [-0.2, 0) is 9.53 Å². The van der Waals surface area contributed by atoms with Gasteiger partial charge >= 0.3 is 5.97 Å². The number of likely N-dealkylation sites (tertiary alicyclic amines) is 1. The van der Waals surface area contributed by atoms with Gasteiger partial charge in [0, 0.05) is 13.1 Å².